The summed E-state index contributed by atoms with van der Waals surface area (Å²) >= 11 is 0. The Balaban J connectivity index is 0.00000306. The maximum Gasteiger partial charge on any atom is 0.254 e. The van der Waals surface area contributed by atoms with Gasteiger partial charge in [0.1, 0.15) is 17.2 Å². The van der Waals surface area contributed by atoms with Crippen LogP contribution in [0.4, 0.5) is 5.82 Å². The first-order valence-corrected chi connectivity index (χ1v) is 11.2. The van der Waals surface area contributed by atoms with Crippen LogP contribution in [-0.4, -0.2) is 62.8 Å². The number of rotatable bonds is 5. The highest BCUT2D eigenvalue weighted by Crippen LogP contribution is 2.32. The van der Waals surface area contributed by atoms with Crippen molar-refractivity contribution in [2.45, 2.75) is 39.2 Å². The van der Waals surface area contributed by atoms with E-state index in [1.807, 2.05) is 51.1 Å². The van der Waals surface area contributed by atoms with E-state index in [0.717, 1.165) is 22.3 Å². The van der Waals surface area contributed by atoms with E-state index in [1.165, 1.54) is 0 Å². The highest BCUT2D eigenvalue weighted by molar-refractivity contribution is 5.92. The molecule has 0 radical (unpaired) electrons. The Morgan fingerprint density at radius 3 is 2.41 bits per heavy atom. The zero-order valence-corrected chi connectivity index (χ0v) is 18.9. The fraction of sp³-hybridized carbons (Fsp3) is 0.400. The monoisotopic (exact) mass is 436 g/mol. The van der Waals surface area contributed by atoms with Gasteiger partial charge in [0, 0.05) is 33.0 Å². The molecule has 1 aromatic heterocycles. The lowest BCUT2D eigenvalue weighted by Gasteiger charge is -2.39. The third kappa shape index (κ3) is 4.00. The van der Waals surface area contributed by atoms with Crippen molar-refractivity contribution >= 4 is 22.6 Å². The average molecular weight is 437 g/mol. The lowest BCUT2D eigenvalue weighted by atomic mass is 9.95. The molecule has 1 amide bonds. The van der Waals surface area contributed by atoms with Crippen molar-refractivity contribution in [3.63, 3.8) is 0 Å². The molecule has 2 N–H and O–H groups in total. The maximum atomic E-state index is 12.9. The number of carbonyl (C=O) groups excluding carboxylic acids is 1. The number of benzene rings is 2. The summed E-state index contributed by atoms with van der Waals surface area (Å²) in [5.41, 5.74) is 1.21. The van der Waals surface area contributed by atoms with Gasteiger partial charge in [-0.25, -0.2) is 9.97 Å². The van der Waals surface area contributed by atoms with Crippen LogP contribution in [-0.2, 0) is 4.79 Å². The van der Waals surface area contributed by atoms with Gasteiger partial charge in [0.05, 0.1) is 11.1 Å². The quantitative estimate of drug-likeness (QED) is 0.633. The first-order valence-electron chi connectivity index (χ1n) is 11.2. The van der Waals surface area contributed by atoms with Crippen molar-refractivity contribution in [2.75, 3.05) is 31.1 Å². The Morgan fingerprint density at radius 1 is 1.06 bits per heavy atom. The second-order valence-corrected chi connectivity index (χ2v) is 8.43. The zero-order chi connectivity index (χ0) is 22.9. The van der Waals surface area contributed by atoms with Gasteiger partial charge in [-0.3, -0.25) is 4.79 Å². The van der Waals surface area contributed by atoms with Crippen molar-refractivity contribution in [1.29, 1.82) is 0 Å². The van der Waals surface area contributed by atoms with Gasteiger partial charge in [-0.05, 0) is 49.6 Å². The molecule has 2 heterocycles. The Kier molecular flexibility index (Phi) is 6.02. The number of aromatic nitrogens is 2. The van der Waals surface area contributed by atoms with Crippen LogP contribution < -0.4 is 4.90 Å². The van der Waals surface area contributed by atoms with Gasteiger partial charge in [0.25, 0.3) is 5.91 Å². The van der Waals surface area contributed by atoms with Crippen LogP contribution >= 0.6 is 0 Å². The van der Waals surface area contributed by atoms with Gasteiger partial charge < -0.3 is 20.0 Å². The van der Waals surface area contributed by atoms with Crippen LogP contribution in [0.15, 0.2) is 42.5 Å². The van der Waals surface area contributed by atoms with Gasteiger partial charge in [-0.2, -0.15) is 0 Å². The molecular weight excluding hydrogens is 404 g/mol. The summed E-state index contributed by atoms with van der Waals surface area (Å²) in [6, 6.07) is 13.2. The van der Waals surface area contributed by atoms with Crippen LogP contribution in [0.1, 0.15) is 33.7 Å². The van der Waals surface area contributed by atoms with Crippen LogP contribution in [0.2, 0.25) is 0 Å². The molecule has 3 aromatic rings. The van der Waals surface area contributed by atoms with Gasteiger partial charge in [0.15, 0.2) is 5.82 Å². The molecule has 0 saturated carbocycles. The third-order valence-corrected chi connectivity index (χ3v) is 6.41. The Morgan fingerprint density at radius 2 is 1.75 bits per heavy atom. The highest BCUT2D eigenvalue weighted by atomic mass is 16.3. The minimum absolute atomic E-state index is 0. The molecule has 0 spiro atoms. The standard InChI is InChI=1S/C25H30N4O3.H2/c1-4-25(32,5-2)24(31)29-14-12-28(13-15-29)23-18-11-10-17(3)16-20(18)26-22(27-23)19-8-6-7-9-21(19)30;/h6-11,16,30,32H,4-5,12-15H2,1-3H3;1H. The first kappa shape index (κ1) is 22.0. The maximum absolute atomic E-state index is 12.9. The fourth-order valence-corrected chi connectivity index (χ4v) is 4.22. The van der Waals surface area contributed by atoms with Gasteiger partial charge in [0.2, 0.25) is 0 Å². The van der Waals surface area contributed by atoms with E-state index in [1.54, 1.807) is 17.0 Å². The molecule has 0 aliphatic carbocycles. The van der Waals surface area contributed by atoms with Crippen molar-refractivity contribution in [3.8, 4) is 17.1 Å². The molecule has 7 nitrogen and oxygen atoms in total. The number of carbonyl (C=O) groups is 1. The number of aromatic hydroxyl groups is 1. The highest BCUT2D eigenvalue weighted by Gasteiger charge is 2.37. The number of phenolic OH excluding ortho intramolecular Hbond substituents is 1. The second kappa shape index (κ2) is 8.74. The number of phenols is 1. The molecular formula is C25H32N4O3. The summed E-state index contributed by atoms with van der Waals surface area (Å²) in [6.07, 6.45) is 0.810. The SMILES string of the molecule is CCC(O)(CC)C(=O)N1CCN(c2nc(-c3ccccc3O)nc3cc(C)ccc23)CC1.[HH]. The van der Waals surface area contributed by atoms with E-state index in [-0.39, 0.29) is 13.1 Å². The van der Waals surface area contributed by atoms with Crippen LogP contribution in [0.25, 0.3) is 22.3 Å². The second-order valence-electron chi connectivity index (χ2n) is 8.43. The number of fused-ring (bicyclic) bond motifs is 1. The summed E-state index contributed by atoms with van der Waals surface area (Å²) in [5, 5.41) is 21.9. The van der Waals surface area contributed by atoms with Gasteiger partial charge in [-0.1, -0.05) is 32.0 Å². The number of hydrogen-bond donors (Lipinski definition) is 2. The number of aliphatic hydroxyl groups is 1. The molecule has 1 saturated heterocycles. The Bertz CT molecular complexity index is 1140. The number of aryl methyl sites for hydroxylation is 1. The third-order valence-electron chi connectivity index (χ3n) is 6.41. The molecule has 0 bridgehead atoms. The van der Waals surface area contributed by atoms with Gasteiger partial charge >= 0.3 is 0 Å². The number of amides is 1. The van der Waals surface area contributed by atoms with E-state index >= 15 is 0 Å². The smallest absolute Gasteiger partial charge is 0.254 e. The molecule has 2 aromatic carbocycles. The average Bonchev–Trinajstić information content (AvgIpc) is 2.82. The minimum Gasteiger partial charge on any atom is -0.507 e. The molecule has 32 heavy (non-hydrogen) atoms. The van der Waals surface area contributed by atoms with E-state index in [9.17, 15) is 15.0 Å². The van der Waals surface area contributed by atoms with E-state index in [0.29, 0.717) is 50.4 Å². The number of piperazine rings is 1. The van der Waals surface area contributed by atoms with E-state index in [4.69, 9.17) is 9.97 Å². The largest absolute Gasteiger partial charge is 0.507 e. The van der Waals surface area contributed by atoms with Crippen molar-refractivity contribution in [1.82, 2.24) is 14.9 Å². The molecule has 1 aliphatic heterocycles. The molecule has 1 fully saturated rings. The molecule has 7 heteroatoms. The van der Waals surface area contributed by atoms with Crippen molar-refractivity contribution in [3.05, 3.63) is 48.0 Å². The minimum atomic E-state index is -1.29. The molecule has 1 aliphatic rings. The summed E-state index contributed by atoms with van der Waals surface area (Å²) in [7, 11) is 0. The Hall–Kier alpha value is -3.19. The predicted molar refractivity (Wildman–Crippen MR) is 128 cm³/mol. The number of hydrogen-bond acceptors (Lipinski definition) is 6. The van der Waals surface area contributed by atoms with Crippen LogP contribution in [0.5, 0.6) is 5.75 Å². The number of anilines is 1. The normalized spacial score (nSPS) is 14.8. The molecule has 0 unspecified atom stereocenters. The van der Waals surface area contributed by atoms with Crippen molar-refractivity contribution in [2.24, 2.45) is 0 Å². The van der Waals surface area contributed by atoms with Crippen LogP contribution in [0, 0.1) is 6.92 Å². The number of para-hydroxylation sites is 1. The lowest BCUT2D eigenvalue weighted by molar-refractivity contribution is -0.152. The predicted octanol–water partition coefficient (Wildman–Crippen LogP) is 3.76. The summed E-state index contributed by atoms with van der Waals surface area (Å²) < 4.78 is 0. The fourth-order valence-electron chi connectivity index (χ4n) is 4.22. The topological polar surface area (TPSA) is 89.8 Å². The lowest BCUT2D eigenvalue weighted by Crippen LogP contribution is -2.55. The summed E-state index contributed by atoms with van der Waals surface area (Å²) in [6.45, 7) is 7.95. The molecule has 4 rings (SSSR count). The molecule has 0 atom stereocenters. The van der Waals surface area contributed by atoms with Crippen LogP contribution in [0.3, 0.4) is 0 Å². The molecule has 170 valence electrons. The van der Waals surface area contributed by atoms with Gasteiger partial charge in [-0.15, -0.1) is 0 Å². The van der Waals surface area contributed by atoms with E-state index < -0.39 is 5.60 Å². The number of nitrogens with zero attached hydrogens (tertiary/aromatic N) is 4. The summed E-state index contributed by atoms with van der Waals surface area (Å²) in [4.78, 5) is 26.3. The van der Waals surface area contributed by atoms with Crippen molar-refractivity contribution < 1.29 is 16.4 Å². The van der Waals surface area contributed by atoms with E-state index in [2.05, 4.69) is 4.90 Å². The first-order chi connectivity index (χ1) is 15.4. The Labute approximate surface area is 189 Å². The summed E-state index contributed by atoms with van der Waals surface area (Å²) in [5.74, 6) is 1.21. The zero-order valence-electron chi connectivity index (χ0n) is 18.9.